The van der Waals surface area contributed by atoms with Gasteiger partial charge in [0.2, 0.25) is 5.91 Å². The van der Waals surface area contributed by atoms with Crippen molar-refractivity contribution in [2.24, 2.45) is 0 Å². The molecule has 1 N–H and O–H groups in total. The molecule has 1 aromatic carbocycles. The molecule has 0 aromatic heterocycles. The SMILES string of the molecule is CCc1cc(C2CN(C)C(=O)CCN2)ccc1OC. The van der Waals surface area contributed by atoms with Crippen LogP contribution in [0.2, 0.25) is 0 Å². The number of carbonyl (C=O) groups excluding carboxylic acids is 1. The molecule has 4 nitrogen and oxygen atoms in total. The van der Waals surface area contributed by atoms with Crippen LogP contribution >= 0.6 is 0 Å². The lowest BCUT2D eigenvalue weighted by Crippen LogP contribution is -2.31. The molecule has 4 heteroatoms. The standard InChI is InChI=1S/C15H22N2O2/c1-4-11-9-12(5-6-14(11)19-3)13-10-17(2)15(18)7-8-16-13/h5-6,9,13,16H,4,7-8,10H2,1-3H3. The van der Waals surface area contributed by atoms with Gasteiger partial charge in [0.05, 0.1) is 7.11 Å². The van der Waals surface area contributed by atoms with Crippen molar-refractivity contribution in [3.05, 3.63) is 29.3 Å². The van der Waals surface area contributed by atoms with E-state index in [1.165, 1.54) is 11.1 Å². The zero-order valence-corrected chi connectivity index (χ0v) is 11.9. The Morgan fingerprint density at radius 1 is 1.47 bits per heavy atom. The van der Waals surface area contributed by atoms with Crippen LogP contribution in [-0.2, 0) is 11.2 Å². The maximum Gasteiger partial charge on any atom is 0.223 e. The first kappa shape index (κ1) is 13.9. The third-order valence-corrected chi connectivity index (χ3v) is 3.70. The molecule has 1 aliphatic rings. The number of hydrogen-bond acceptors (Lipinski definition) is 3. The van der Waals surface area contributed by atoms with Crippen LogP contribution in [0.15, 0.2) is 18.2 Å². The minimum Gasteiger partial charge on any atom is -0.496 e. The summed E-state index contributed by atoms with van der Waals surface area (Å²) < 4.78 is 5.36. The molecule has 0 bridgehead atoms. The summed E-state index contributed by atoms with van der Waals surface area (Å²) in [5.74, 6) is 1.14. The van der Waals surface area contributed by atoms with Crippen LogP contribution in [0, 0.1) is 0 Å². The van der Waals surface area contributed by atoms with Crippen molar-refractivity contribution in [3.8, 4) is 5.75 Å². The van der Waals surface area contributed by atoms with E-state index in [0.29, 0.717) is 13.0 Å². The topological polar surface area (TPSA) is 41.6 Å². The van der Waals surface area contributed by atoms with Gasteiger partial charge in [0.25, 0.3) is 0 Å². The highest BCUT2D eigenvalue weighted by atomic mass is 16.5. The van der Waals surface area contributed by atoms with Crippen LogP contribution in [0.5, 0.6) is 5.75 Å². The Hall–Kier alpha value is -1.55. The molecule has 1 saturated heterocycles. The second-order valence-electron chi connectivity index (χ2n) is 4.96. The molecular formula is C15H22N2O2. The molecular weight excluding hydrogens is 240 g/mol. The molecule has 1 amide bonds. The maximum atomic E-state index is 11.7. The van der Waals surface area contributed by atoms with Gasteiger partial charge < -0.3 is 15.0 Å². The lowest BCUT2D eigenvalue weighted by atomic mass is 10.0. The van der Waals surface area contributed by atoms with Crippen LogP contribution in [0.3, 0.4) is 0 Å². The van der Waals surface area contributed by atoms with Crippen LogP contribution in [0.4, 0.5) is 0 Å². The highest BCUT2D eigenvalue weighted by Crippen LogP contribution is 2.25. The summed E-state index contributed by atoms with van der Waals surface area (Å²) in [4.78, 5) is 13.5. The summed E-state index contributed by atoms with van der Waals surface area (Å²) in [5, 5.41) is 3.44. The summed E-state index contributed by atoms with van der Waals surface area (Å²) in [6, 6.07) is 6.48. The van der Waals surface area contributed by atoms with Gasteiger partial charge in [-0.05, 0) is 23.6 Å². The molecule has 0 spiro atoms. The average molecular weight is 262 g/mol. The Balaban J connectivity index is 2.23. The van der Waals surface area contributed by atoms with E-state index in [-0.39, 0.29) is 11.9 Å². The molecule has 0 aliphatic carbocycles. The lowest BCUT2D eigenvalue weighted by Gasteiger charge is -2.22. The molecule has 1 fully saturated rings. The maximum absolute atomic E-state index is 11.7. The predicted octanol–water partition coefficient (Wildman–Crippen LogP) is 1.75. The van der Waals surface area contributed by atoms with Gasteiger partial charge in [0.1, 0.15) is 5.75 Å². The monoisotopic (exact) mass is 262 g/mol. The van der Waals surface area contributed by atoms with Crippen LogP contribution < -0.4 is 10.1 Å². The Morgan fingerprint density at radius 3 is 2.95 bits per heavy atom. The van der Waals surface area contributed by atoms with E-state index in [1.54, 1.807) is 12.0 Å². The van der Waals surface area contributed by atoms with Gasteiger partial charge in [-0.25, -0.2) is 0 Å². The third-order valence-electron chi connectivity index (χ3n) is 3.70. The third kappa shape index (κ3) is 3.07. The largest absolute Gasteiger partial charge is 0.496 e. The smallest absolute Gasteiger partial charge is 0.223 e. The first-order chi connectivity index (χ1) is 9.15. The molecule has 0 saturated carbocycles. The fourth-order valence-electron chi connectivity index (χ4n) is 2.50. The van der Waals surface area contributed by atoms with Crippen molar-refractivity contribution in [1.29, 1.82) is 0 Å². The Bertz CT molecular complexity index is 459. The summed E-state index contributed by atoms with van der Waals surface area (Å²) in [6.45, 7) is 3.58. The quantitative estimate of drug-likeness (QED) is 0.902. The van der Waals surface area contributed by atoms with E-state index in [4.69, 9.17) is 4.74 Å². The van der Waals surface area contributed by atoms with Crippen molar-refractivity contribution in [1.82, 2.24) is 10.2 Å². The zero-order valence-electron chi connectivity index (χ0n) is 11.9. The number of likely N-dealkylation sites (N-methyl/N-ethyl adjacent to an activating group) is 1. The van der Waals surface area contributed by atoms with E-state index in [0.717, 1.165) is 18.7 Å². The summed E-state index contributed by atoms with van der Waals surface area (Å²) >= 11 is 0. The molecule has 0 radical (unpaired) electrons. The number of carbonyl (C=O) groups is 1. The van der Waals surface area contributed by atoms with Crippen LogP contribution in [0.25, 0.3) is 0 Å². The first-order valence-corrected chi connectivity index (χ1v) is 6.79. The number of nitrogens with one attached hydrogen (secondary N) is 1. The first-order valence-electron chi connectivity index (χ1n) is 6.79. The van der Waals surface area contributed by atoms with Crippen molar-refractivity contribution >= 4 is 5.91 Å². The number of nitrogens with zero attached hydrogens (tertiary/aromatic N) is 1. The van der Waals surface area contributed by atoms with E-state index in [9.17, 15) is 4.79 Å². The number of benzene rings is 1. The van der Waals surface area contributed by atoms with Crippen molar-refractivity contribution in [2.45, 2.75) is 25.8 Å². The van der Waals surface area contributed by atoms with Gasteiger partial charge in [0.15, 0.2) is 0 Å². The number of methoxy groups -OCH3 is 1. The number of ether oxygens (including phenoxy) is 1. The number of hydrogen-bond donors (Lipinski definition) is 1. The number of aryl methyl sites for hydroxylation is 1. The minimum atomic E-state index is 0.202. The van der Waals surface area contributed by atoms with Gasteiger partial charge in [-0.3, -0.25) is 4.79 Å². The van der Waals surface area contributed by atoms with E-state index >= 15 is 0 Å². The van der Waals surface area contributed by atoms with Gasteiger partial charge >= 0.3 is 0 Å². The number of amides is 1. The fourth-order valence-corrected chi connectivity index (χ4v) is 2.50. The number of rotatable bonds is 3. The van der Waals surface area contributed by atoms with E-state index in [2.05, 4.69) is 24.4 Å². The Morgan fingerprint density at radius 2 is 2.26 bits per heavy atom. The van der Waals surface area contributed by atoms with Crippen molar-refractivity contribution < 1.29 is 9.53 Å². The molecule has 104 valence electrons. The molecule has 1 aliphatic heterocycles. The second-order valence-corrected chi connectivity index (χ2v) is 4.96. The molecule has 1 atom stereocenters. The molecule has 1 aromatic rings. The van der Waals surface area contributed by atoms with Crippen molar-refractivity contribution in [2.75, 3.05) is 27.2 Å². The van der Waals surface area contributed by atoms with Crippen LogP contribution in [0.1, 0.15) is 30.5 Å². The molecule has 19 heavy (non-hydrogen) atoms. The van der Waals surface area contributed by atoms with Gasteiger partial charge in [0, 0.05) is 32.6 Å². The normalized spacial score (nSPS) is 20.3. The average Bonchev–Trinajstić information content (AvgIpc) is 2.60. The highest BCUT2D eigenvalue weighted by molar-refractivity contribution is 5.76. The minimum absolute atomic E-state index is 0.202. The van der Waals surface area contributed by atoms with E-state index < -0.39 is 0 Å². The van der Waals surface area contributed by atoms with Gasteiger partial charge in [-0.15, -0.1) is 0 Å². The summed E-state index contributed by atoms with van der Waals surface area (Å²) in [5.41, 5.74) is 2.43. The van der Waals surface area contributed by atoms with Gasteiger partial charge in [-0.2, -0.15) is 0 Å². The highest BCUT2D eigenvalue weighted by Gasteiger charge is 2.21. The molecule has 2 rings (SSSR count). The lowest BCUT2D eigenvalue weighted by molar-refractivity contribution is -0.129. The second kappa shape index (κ2) is 6.06. The summed E-state index contributed by atoms with van der Waals surface area (Å²) in [7, 11) is 3.57. The molecule has 1 unspecified atom stereocenters. The predicted molar refractivity (Wildman–Crippen MR) is 75.4 cm³/mol. The zero-order chi connectivity index (χ0) is 13.8. The summed E-state index contributed by atoms with van der Waals surface area (Å²) in [6.07, 6.45) is 1.52. The van der Waals surface area contributed by atoms with Gasteiger partial charge in [-0.1, -0.05) is 19.1 Å². The van der Waals surface area contributed by atoms with Crippen molar-refractivity contribution in [3.63, 3.8) is 0 Å². The Kier molecular flexibility index (Phi) is 4.43. The van der Waals surface area contributed by atoms with E-state index in [1.807, 2.05) is 13.1 Å². The molecule has 1 heterocycles. The Labute approximate surface area is 114 Å². The fraction of sp³-hybridized carbons (Fsp3) is 0.533. The van der Waals surface area contributed by atoms with Crippen LogP contribution in [-0.4, -0.2) is 38.1 Å².